The van der Waals surface area contributed by atoms with Crippen molar-refractivity contribution in [3.8, 4) is 11.5 Å². The molecular weight excluding hydrogens is 542 g/mol. The van der Waals surface area contributed by atoms with Gasteiger partial charge in [-0.15, -0.1) is 0 Å². The molecule has 4 rings (SSSR count). The summed E-state index contributed by atoms with van der Waals surface area (Å²) in [7, 11) is 3.25. The molecular formula is C26H34BrN5O5. The first kappa shape index (κ1) is 27.0. The van der Waals surface area contributed by atoms with Gasteiger partial charge < -0.3 is 29.5 Å². The van der Waals surface area contributed by atoms with Crippen molar-refractivity contribution in [1.29, 1.82) is 0 Å². The summed E-state index contributed by atoms with van der Waals surface area (Å²) in [6.07, 6.45) is 4.61. The van der Waals surface area contributed by atoms with Crippen molar-refractivity contribution in [3.63, 3.8) is 0 Å². The van der Waals surface area contributed by atoms with Crippen LogP contribution in [-0.4, -0.2) is 69.5 Å². The predicted molar refractivity (Wildman–Crippen MR) is 143 cm³/mol. The molecule has 1 aliphatic rings. The topological polar surface area (TPSA) is 110 Å². The number of aliphatic hydroxyl groups is 1. The molecule has 0 saturated carbocycles. The number of nitrogens with zero attached hydrogens (tertiary/aromatic N) is 4. The first-order valence-electron chi connectivity index (χ1n) is 12.2. The van der Waals surface area contributed by atoms with Crippen molar-refractivity contribution in [2.75, 3.05) is 32.7 Å². The Morgan fingerprint density at radius 1 is 1.24 bits per heavy atom. The summed E-state index contributed by atoms with van der Waals surface area (Å²) < 4.78 is 19.1. The van der Waals surface area contributed by atoms with Crippen LogP contribution >= 0.6 is 15.9 Å². The van der Waals surface area contributed by atoms with Gasteiger partial charge in [-0.25, -0.2) is 14.8 Å². The number of carbonyl (C=O) groups excluding carboxylic acids is 1. The number of benzene rings is 1. The van der Waals surface area contributed by atoms with E-state index in [1.54, 1.807) is 25.3 Å². The average molecular weight is 576 g/mol. The van der Waals surface area contributed by atoms with Crippen molar-refractivity contribution in [2.45, 2.75) is 57.7 Å². The number of hydrogen-bond acceptors (Lipinski definition) is 8. The van der Waals surface area contributed by atoms with Gasteiger partial charge in [-0.3, -0.25) is 4.40 Å². The van der Waals surface area contributed by atoms with E-state index in [2.05, 4.69) is 26.2 Å². The Kier molecular flexibility index (Phi) is 8.13. The Hall–Kier alpha value is -3.05. The number of methoxy groups -OCH3 is 2. The van der Waals surface area contributed by atoms with E-state index in [9.17, 15) is 9.90 Å². The van der Waals surface area contributed by atoms with E-state index in [-0.39, 0.29) is 18.6 Å². The molecule has 200 valence electrons. The number of anilines is 1. The summed E-state index contributed by atoms with van der Waals surface area (Å²) >= 11 is 3.62. The van der Waals surface area contributed by atoms with Crippen LogP contribution in [0.15, 0.2) is 35.2 Å². The monoisotopic (exact) mass is 575 g/mol. The number of fused-ring (bicyclic) bond motifs is 1. The number of hydrogen-bond donors (Lipinski definition) is 2. The van der Waals surface area contributed by atoms with Crippen LogP contribution in [0.5, 0.6) is 11.5 Å². The number of imidazole rings is 1. The number of carbonyl (C=O) groups is 1. The molecule has 10 nitrogen and oxygen atoms in total. The minimum Gasteiger partial charge on any atom is -0.497 e. The van der Waals surface area contributed by atoms with Gasteiger partial charge in [0.25, 0.3) is 0 Å². The number of aliphatic hydroxyl groups excluding tert-OH is 1. The Morgan fingerprint density at radius 2 is 2.03 bits per heavy atom. The maximum Gasteiger partial charge on any atom is 0.410 e. The quantitative estimate of drug-likeness (QED) is 0.420. The molecule has 2 N–H and O–H groups in total. The highest BCUT2D eigenvalue weighted by molar-refractivity contribution is 9.10. The van der Waals surface area contributed by atoms with Crippen molar-refractivity contribution < 1.29 is 24.1 Å². The van der Waals surface area contributed by atoms with E-state index < -0.39 is 11.7 Å². The molecule has 1 fully saturated rings. The minimum atomic E-state index is -0.619. The van der Waals surface area contributed by atoms with Crippen molar-refractivity contribution >= 4 is 33.4 Å². The van der Waals surface area contributed by atoms with Gasteiger partial charge in [0.05, 0.1) is 26.9 Å². The standard InChI is InChI=1S/C26H34BrN5O5/c1-26(2,3)37-25(34)32-14-17(6-8-18(32)15-33)24-30-22(27)21-23(28-10-11-31(21)24)29-13-16-7-9-19(35-4)12-20(16)36-5/h7,9-12,17-18,33H,6,8,13-15H2,1-5H3,(H,28,29)/t17-,18+/m1/s1. The lowest BCUT2D eigenvalue weighted by atomic mass is 9.92. The van der Waals surface area contributed by atoms with Crippen LogP contribution in [0.3, 0.4) is 0 Å². The number of rotatable bonds is 7. The fraction of sp³-hybridized carbons (Fsp3) is 0.500. The lowest BCUT2D eigenvalue weighted by Gasteiger charge is -2.39. The largest absolute Gasteiger partial charge is 0.497 e. The van der Waals surface area contributed by atoms with Crippen LogP contribution in [0, 0.1) is 0 Å². The van der Waals surface area contributed by atoms with E-state index in [1.807, 2.05) is 49.6 Å². The highest BCUT2D eigenvalue weighted by Gasteiger charge is 2.36. The molecule has 1 saturated heterocycles. The first-order valence-corrected chi connectivity index (χ1v) is 13.0. The van der Waals surface area contributed by atoms with Crippen molar-refractivity contribution in [3.05, 3.63) is 46.6 Å². The van der Waals surface area contributed by atoms with E-state index >= 15 is 0 Å². The second-order valence-electron chi connectivity index (χ2n) is 10.0. The Labute approximate surface area is 225 Å². The lowest BCUT2D eigenvalue weighted by Crippen LogP contribution is -2.50. The van der Waals surface area contributed by atoms with Gasteiger partial charge in [-0.2, -0.15) is 0 Å². The SMILES string of the molecule is COc1ccc(CNc2nccn3c([C@@H]4CC[C@@H](CO)N(C(=O)OC(C)(C)C)C4)nc(Br)c23)c(OC)c1. The molecule has 0 spiro atoms. The van der Waals surface area contributed by atoms with Crippen LogP contribution in [0.1, 0.15) is 50.9 Å². The number of likely N-dealkylation sites (tertiary alicyclic amines) is 1. The fourth-order valence-electron chi connectivity index (χ4n) is 4.59. The molecule has 11 heteroatoms. The van der Waals surface area contributed by atoms with Crippen LogP contribution in [0.25, 0.3) is 5.52 Å². The maximum atomic E-state index is 12.9. The molecule has 3 aromatic rings. The zero-order chi connectivity index (χ0) is 26.7. The van der Waals surface area contributed by atoms with Crippen LogP contribution in [0.4, 0.5) is 10.6 Å². The van der Waals surface area contributed by atoms with E-state index in [1.165, 1.54) is 0 Å². The van der Waals surface area contributed by atoms with Gasteiger partial charge in [0.2, 0.25) is 0 Å². The van der Waals surface area contributed by atoms with E-state index in [0.29, 0.717) is 29.9 Å². The zero-order valence-corrected chi connectivity index (χ0v) is 23.4. The molecule has 2 atom stereocenters. The summed E-state index contributed by atoms with van der Waals surface area (Å²) in [5.41, 5.74) is 1.14. The van der Waals surface area contributed by atoms with E-state index in [4.69, 9.17) is 19.2 Å². The maximum absolute atomic E-state index is 12.9. The molecule has 0 radical (unpaired) electrons. The molecule has 3 heterocycles. The van der Waals surface area contributed by atoms with Crippen molar-refractivity contribution in [2.24, 2.45) is 0 Å². The zero-order valence-electron chi connectivity index (χ0n) is 21.8. The lowest BCUT2D eigenvalue weighted by molar-refractivity contribution is -0.00143. The molecule has 0 unspecified atom stereocenters. The summed E-state index contributed by atoms with van der Waals surface area (Å²) in [6, 6.07) is 5.41. The van der Waals surface area contributed by atoms with Gasteiger partial charge >= 0.3 is 6.09 Å². The Morgan fingerprint density at radius 3 is 2.70 bits per heavy atom. The molecule has 0 aliphatic carbocycles. The Bertz CT molecular complexity index is 1260. The second-order valence-corrected chi connectivity index (χ2v) is 10.8. The molecule has 1 aliphatic heterocycles. The number of piperidine rings is 1. The molecule has 0 bridgehead atoms. The fourth-order valence-corrected chi connectivity index (χ4v) is 5.15. The molecule has 1 amide bonds. The third-order valence-corrected chi connectivity index (χ3v) is 6.94. The van der Waals surface area contributed by atoms with Crippen LogP contribution < -0.4 is 14.8 Å². The highest BCUT2D eigenvalue weighted by Crippen LogP contribution is 2.35. The normalized spacial score (nSPS) is 18.1. The summed E-state index contributed by atoms with van der Waals surface area (Å²) in [5, 5.41) is 13.3. The summed E-state index contributed by atoms with van der Waals surface area (Å²) in [5.74, 6) is 2.89. The molecule has 37 heavy (non-hydrogen) atoms. The number of nitrogens with one attached hydrogen (secondary N) is 1. The number of ether oxygens (including phenoxy) is 3. The van der Waals surface area contributed by atoms with Crippen LogP contribution in [-0.2, 0) is 11.3 Å². The molecule has 2 aromatic heterocycles. The van der Waals surface area contributed by atoms with Gasteiger partial charge in [0.15, 0.2) is 5.82 Å². The highest BCUT2D eigenvalue weighted by atomic mass is 79.9. The Balaban J connectivity index is 1.59. The van der Waals surface area contributed by atoms with Gasteiger partial charge in [-0.05, 0) is 61.7 Å². The third kappa shape index (κ3) is 5.93. The van der Waals surface area contributed by atoms with E-state index in [0.717, 1.165) is 34.8 Å². The minimum absolute atomic E-state index is 0.0361. The summed E-state index contributed by atoms with van der Waals surface area (Å²) in [6.45, 7) is 6.29. The second kappa shape index (κ2) is 11.1. The summed E-state index contributed by atoms with van der Waals surface area (Å²) in [4.78, 5) is 23.9. The smallest absolute Gasteiger partial charge is 0.410 e. The first-order chi connectivity index (χ1) is 17.6. The molecule has 1 aromatic carbocycles. The van der Waals surface area contributed by atoms with Gasteiger partial charge in [0, 0.05) is 43.0 Å². The van der Waals surface area contributed by atoms with Crippen LogP contribution in [0.2, 0.25) is 0 Å². The van der Waals surface area contributed by atoms with Crippen molar-refractivity contribution in [1.82, 2.24) is 19.3 Å². The number of aromatic nitrogens is 3. The number of amides is 1. The van der Waals surface area contributed by atoms with Gasteiger partial charge in [-0.1, -0.05) is 0 Å². The third-order valence-electron chi connectivity index (χ3n) is 6.39. The predicted octanol–water partition coefficient (Wildman–Crippen LogP) is 4.60. The average Bonchev–Trinajstić information content (AvgIpc) is 3.22. The van der Waals surface area contributed by atoms with Gasteiger partial charge in [0.1, 0.15) is 33.0 Å². The number of halogens is 1.